The lowest BCUT2D eigenvalue weighted by atomic mass is 9.97. The van der Waals surface area contributed by atoms with Crippen molar-refractivity contribution in [3.8, 4) is 11.5 Å². The Bertz CT molecular complexity index is 745. The average molecular weight is 383 g/mol. The van der Waals surface area contributed by atoms with Gasteiger partial charge in [0.2, 0.25) is 15.9 Å². The maximum Gasteiger partial charge on any atom is 0.243 e. The van der Waals surface area contributed by atoms with Crippen molar-refractivity contribution >= 4 is 15.9 Å². The lowest BCUT2D eigenvalue weighted by Gasteiger charge is -2.30. The van der Waals surface area contributed by atoms with Crippen LogP contribution in [0.3, 0.4) is 0 Å². The number of nitrogens with zero attached hydrogens (tertiary/aromatic N) is 1. The first-order valence-electron chi connectivity index (χ1n) is 8.84. The van der Waals surface area contributed by atoms with Crippen molar-refractivity contribution in [2.45, 2.75) is 17.7 Å². The first kappa shape index (κ1) is 18.9. The number of amides is 1. The third-order valence-corrected chi connectivity index (χ3v) is 6.55. The van der Waals surface area contributed by atoms with Gasteiger partial charge in [-0.15, -0.1) is 0 Å². The van der Waals surface area contributed by atoms with Crippen LogP contribution in [0.5, 0.6) is 11.5 Å². The minimum absolute atomic E-state index is 0.00312. The molecule has 9 heteroatoms. The van der Waals surface area contributed by atoms with E-state index in [0.717, 1.165) is 0 Å². The average Bonchev–Trinajstić information content (AvgIpc) is 2.67. The zero-order chi connectivity index (χ0) is 18.6. The second-order valence-corrected chi connectivity index (χ2v) is 8.32. The van der Waals surface area contributed by atoms with Crippen LogP contribution < -0.4 is 20.1 Å². The van der Waals surface area contributed by atoms with Crippen LogP contribution >= 0.6 is 0 Å². The Morgan fingerprint density at radius 1 is 1.15 bits per heavy atom. The minimum Gasteiger partial charge on any atom is -0.486 e. The minimum atomic E-state index is -3.61. The van der Waals surface area contributed by atoms with Crippen molar-refractivity contribution in [1.82, 2.24) is 14.9 Å². The number of benzene rings is 1. The summed E-state index contributed by atoms with van der Waals surface area (Å²) in [6.07, 6.45) is 1.05. The third-order valence-electron chi connectivity index (χ3n) is 4.65. The second kappa shape index (κ2) is 8.24. The number of hydrogen-bond donors (Lipinski definition) is 2. The summed E-state index contributed by atoms with van der Waals surface area (Å²) in [7, 11) is -1.78. The van der Waals surface area contributed by atoms with Gasteiger partial charge in [0, 0.05) is 38.2 Å². The molecule has 0 aromatic heterocycles. The molecule has 1 fully saturated rings. The number of carbonyl (C=O) groups excluding carboxylic acids is 1. The molecule has 1 amide bonds. The molecule has 0 radical (unpaired) electrons. The van der Waals surface area contributed by atoms with Crippen molar-refractivity contribution in [3.05, 3.63) is 18.2 Å². The smallest absolute Gasteiger partial charge is 0.243 e. The molecular weight excluding hydrogens is 358 g/mol. The molecule has 144 valence electrons. The fourth-order valence-electron chi connectivity index (χ4n) is 3.15. The van der Waals surface area contributed by atoms with E-state index in [9.17, 15) is 13.2 Å². The van der Waals surface area contributed by atoms with E-state index in [0.29, 0.717) is 63.7 Å². The fourth-order valence-corrected chi connectivity index (χ4v) is 4.63. The van der Waals surface area contributed by atoms with Crippen LogP contribution in [-0.2, 0) is 14.8 Å². The van der Waals surface area contributed by atoms with Gasteiger partial charge in [0.1, 0.15) is 13.2 Å². The maximum atomic E-state index is 12.9. The Morgan fingerprint density at radius 3 is 2.54 bits per heavy atom. The molecule has 0 bridgehead atoms. The molecule has 1 saturated heterocycles. The monoisotopic (exact) mass is 383 g/mol. The van der Waals surface area contributed by atoms with E-state index < -0.39 is 10.0 Å². The standard InChI is InChI=1S/C17H25N3O5S/c1-18-6-7-19-17(21)13-4-8-20(9-5-13)26(22,23)14-2-3-15-16(12-14)25-11-10-24-15/h2-3,12-13,18H,4-11H2,1H3,(H,19,21). The highest BCUT2D eigenvalue weighted by molar-refractivity contribution is 7.89. The third kappa shape index (κ3) is 4.11. The molecule has 2 N–H and O–H groups in total. The van der Waals surface area contributed by atoms with Gasteiger partial charge in [0.05, 0.1) is 4.90 Å². The first-order valence-corrected chi connectivity index (χ1v) is 10.3. The fraction of sp³-hybridized carbons (Fsp3) is 0.588. The highest BCUT2D eigenvalue weighted by Crippen LogP contribution is 2.34. The molecule has 1 aromatic rings. The second-order valence-electron chi connectivity index (χ2n) is 6.38. The summed E-state index contributed by atoms with van der Waals surface area (Å²) in [5.74, 6) is 0.874. The molecule has 2 heterocycles. The first-order chi connectivity index (χ1) is 12.5. The van der Waals surface area contributed by atoms with E-state index in [1.807, 2.05) is 7.05 Å². The molecule has 2 aliphatic rings. The van der Waals surface area contributed by atoms with E-state index in [-0.39, 0.29) is 16.7 Å². The molecule has 0 saturated carbocycles. The van der Waals surface area contributed by atoms with E-state index in [1.165, 1.54) is 10.4 Å². The largest absolute Gasteiger partial charge is 0.486 e. The van der Waals surface area contributed by atoms with E-state index >= 15 is 0 Å². The Balaban J connectivity index is 1.62. The van der Waals surface area contributed by atoms with Crippen molar-refractivity contribution in [3.63, 3.8) is 0 Å². The molecule has 3 rings (SSSR count). The number of hydrogen-bond acceptors (Lipinski definition) is 6. The maximum absolute atomic E-state index is 12.9. The van der Waals surface area contributed by atoms with E-state index in [4.69, 9.17) is 9.47 Å². The van der Waals surface area contributed by atoms with Gasteiger partial charge in [-0.2, -0.15) is 4.31 Å². The summed E-state index contributed by atoms with van der Waals surface area (Å²) in [4.78, 5) is 12.3. The number of ether oxygens (including phenoxy) is 2. The normalized spacial score (nSPS) is 18.5. The number of piperidine rings is 1. The highest BCUT2D eigenvalue weighted by atomic mass is 32.2. The molecule has 0 aliphatic carbocycles. The number of nitrogens with one attached hydrogen (secondary N) is 2. The van der Waals surface area contributed by atoms with Crippen molar-refractivity contribution in [2.24, 2.45) is 5.92 Å². The molecule has 26 heavy (non-hydrogen) atoms. The van der Waals surface area contributed by atoms with Crippen LogP contribution in [0.2, 0.25) is 0 Å². The topological polar surface area (TPSA) is 97.0 Å². The Hall–Kier alpha value is -1.84. The van der Waals surface area contributed by atoms with Crippen molar-refractivity contribution in [2.75, 3.05) is 46.4 Å². The summed E-state index contributed by atoms with van der Waals surface area (Å²) in [6, 6.07) is 4.68. The SMILES string of the molecule is CNCCNC(=O)C1CCN(S(=O)(=O)c2ccc3c(c2)OCCO3)CC1. The number of carbonyl (C=O) groups is 1. The zero-order valence-corrected chi connectivity index (χ0v) is 15.7. The van der Waals surface area contributed by atoms with Crippen molar-refractivity contribution in [1.29, 1.82) is 0 Å². The molecular formula is C17H25N3O5S. The predicted octanol–water partition coefficient (Wildman–Crippen LogP) is 0.194. The van der Waals surface area contributed by atoms with Gasteiger partial charge >= 0.3 is 0 Å². The van der Waals surface area contributed by atoms with Gasteiger partial charge in [-0.25, -0.2) is 8.42 Å². The highest BCUT2D eigenvalue weighted by Gasteiger charge is 2.32. The predicted molar refractivity (Wildman–Crippen MR) is 95.9 cm³/mol. The van der Waals surface area contributed by atoms with Gasteiger partial charge in [0.25, 0.3) is 0 Å². The Morgan fingerprint density at radius 2 is 1.85 bits per heavy atom. The Kier molecular flexibility index (Phi) is 6.00. The lowest BCUT2D eigenvalue weighted by molar-refractivity contribution is -0.126. The summed E-state index contributed by atoms with van der Waals surface area (Å²) in [5.41, 5.74) is 0. The van der Waals surface area contributed by atoms with Gasteiger partial charge in [-0.1, -0.05) is 0 Å². The van der Waals surface area contributed by atoms with Gasteiger partial charge in [-0.3, -0.25) is 4.79 Å². The molecule has 0 unspecified atom stereocenters. The van der Waals surface area contributed by atoms with Crippen LogP contribution in [0.15, 0.2) is 23.1 Å². The molecule has 8 nitrogen and oxygen atoms in total. The lowest BCUT2D eigenvalue weighted by Crippen LogP contribution is -2.43. The molecule has 0 atom stereocenters. The van der Waals surface area contributed by atoms with Crippen molar-refractivity contribution < 1.29 is 22.7 Å². The summed E-state index contributed by atoms with van der Waals surface area (Å²) >= 11 is 0. The number of likely N-dealkylation sites (N-methyl/N-ethyl adjacent to an activating group) is 1. The van der Waals surface area contributed by atoms with Gasteiger partial charge in [-0.05, 0) is 32.0 Å². The van der Waals surface area contributed by atoms with E-state index in [1.54, 1.807) is 12.1 Å². The summed E-state index contributed by atoms with van der Waals surface area (Å²) in [5, 5.41) is 5.84. The van der Waals surface area contributed by atoms with Crippen LogP contribution in [0.1, 0.15) is 12.8 Å². The van der Waals surface area contributed by atoms with Crippen LogP contribution in [0, 0.1) is 5.92 Å². The van der Waals surface area contributed by atoms with Crippen LogP contribution in [-0.4, -0.2) is 65.1 Å². The van der Waals surface area contributed by atoms with Gasteiger partial charge in [0.15, 0.2) is 11.5 Å². The van der Waals surface area contributed by atoms with Crippen LogP contribution in [0.4, 0.5) is 0 Å². The summed E-state index contributed by atoms with van der Waals surface area (Å²) < 4.78 is 38.1. The summed E-state index contributed by atoms with van der Waals surface area (Å²) in [6.45, 7) is 2.82. The molecule has 0 spiro atoms. The number of rotatable bonds is 6. The molecule has 2 aliphatic heterocycles. The zero-order valence-electron chi connectivity index (χ0n) is 14.9. The Labute approximate surface area is 153 Å². The quantitative estimate of drug-likeness (QED) is 0.681. The van der Waals surface area contributed by atoms with E-state index in [2.05, 4.69) is 10.6 Å². The van der Waals surface area contributed by atoms with Gasteiger partial charge < -0.3 is 20.1 Å². The number of sulfonamides is 1. The number of fused-ring (bicyclic) bond motifs is 1. The van der Waals surface area contributed by atoms with Crippen LogP contribution in [0.25, 0.3) is 0 Å². The molecule has 1 aromatic carbocycles.